The van der Waals surface area contributed by atoms with E-state index in [2.05, 4.69) is 5.32 Å². The lowest BCUT2D eigenvalue weighted by molar-refractivity contribution is -0.141. The Morgan fingerprint density at radius 1 is 1.22 bits per heavy atom. The fourth-order valence-corrected chi connectivity index (χ4v) is 2.74. The van der Waals surface area contributed by atoms with Gasteiger partial charge in [-0.25, -0.2) is 4.79 Å². The maximum Gasteiger partial charge on any atom is 0.317 e. The lowest BCUT2D eigenvalue weighted by Gasteiger charge is -2.31. The van der Waals surface area contributed by atoms with Crippen LogP contribution < -0.4 is 5.32 Å². The van der Waals surface area contributed by atoms with Crippen molar-refractivity contribution >= 4 is 12.0 Å². The van der Waals surface area contributed by atoms with Gasteiger partial charge < -0.3 is 20.4 Å². The molecule has 0 bridgehead atoms. The number of rotatable bonds is 2. The first-order valence-corrected chi connectivity index (χ1v) is 6.52. The molecule has 2 rings (SSSR count). The Morgan fingerprint density at radius 2 is 2.00 bits per heavy atom. The zero-order chi connectivity index (χ0) is 13.1. The lowest BCUT2D eigenvalue weighted by atomic mass is 10.1. The van der Waals surface area contributed by atoms with Gasteiger partial charge in [0.15, 0.2) is 0 Å². The average Bonchev–Trinajstić information content (AvgIpc) is 2.77. The minimum atomic E-state index is -0.778. The number of aliphatic hydroxyl groups is 1. The van der Waals surface area contributed by atoms with Crippen LogP contribution in [0.25, 0.3) is 0 Å². The average molecular weight is 256 g/mol. The van der Waals surface area contributed by atoms with E-state index >= 15 is 0 Å². The Hall–Kier alpha value is -1.30. The van der Waals surface area contributed by atoms with E-state index in [0.717, 1.165) is 19.3 Å². The first kappa shape index (κ1) is 13.1. The van der Waals surface area contributed by atoms with Gasteiger partial charge in [-0.15, -0.1) is 0 Å². The second-order valence-corrected chi connectivity index (χ2v) is 5.24. The topological polar surface area (TPSA) is 89.9 Å². The summed E-state index contributed by atoms with van der Waals surface area (Å²) >= 11 is 0. The molecule has 2 amide bonds. The highest BCUT2D eigenvalue weighted by molar-refractivity contribution is 5.75. The number of hydrogen-bond donors (Lipinski definition) is 3. The van der Waals surface area contributed by atoms with Crippen molar-refractivity contribution in [3.8, 4) is 0 Å². The molecule has 1 unspecified atom stereocenters. The standard InChI is InChI=1S/C12H20N2O4/c15-10-2-1-5-14(7-10)12(18)13-9-4-3-8(6-9)11(16)17/h8-10,15H,1-7H2,(H,13,18)(H,16,17)/t8-,9+,10?/m1/s1. The molecular weight excluding hydrogens is 236 g/mol. The Balaban J connectivity index is 1.79. The summed E-state index contributed by atoms with van der Waals surface area (Å²) < 4.78 is 0. The molecule has 0 aromatic heterocycles. The second-order valence-electron chi connectivity index (χ2n) is 5.24. The molecule has 1 aliphatic heterocycles. The lowest BCUT2D eigenvalue weighted by Crippen LogP contribution is -2.49. The Bertz CT molecular complexity index is 334. The van der Waals surface area contributed by atoms with Crippen LogP contribution in [-0.4, -0.2) is 52.3 Å². The highest BCUT2D eigenvalue weighted by Gasteiger charge is 2.32. The smallest absolute Gasteiger partial charge is 0.317 e. The minimum Gasteiger partial charge on any atom is -0.481 e. The molecular formula is C12H20N2O4. The molecule has 1 aliphatic carbocycles. The molecule has 2 fully saturated rings. The summed E-state index contributed by atoms with van der Waals surface area (Å²) in [4.78, 5) is 24.4. The van der Waals surface area contributed by atoms with Gasteiger partial charge in [-0.05, 0) is 32.1 Å². The number of β-amino-alcohol motifs (C(OH)–C–C–N with tert-alkyl or cyclic N) is 1. The number of carbonyl (C=O) groups is 2. The summed E-state index contributed by atoms with van der Waals surface area (Å²) in [5.74, 6) is -1.11. The van der Waals surface area contributed by atoms with Crippen molar-refractivity contribution in [1.29, 1.82) is 0 Å². The van der Waals surface area contributed by atoms with Gasteiger partial charge in [-0.3, -0.25) is 4.79 Å². The second kappa shape index (κ2) is 5.56. The fraction of sp³-hybridized carbons (Fsp3) is 0.833. The number of nitrogens with one attached hydrogen (secondary N) is 1. The molecule has 0 aromatic rings. The van der Waals surface area contributed by atoms with E-state index in [1.807, 2.05) is 0 Å². The van der Waals surface area contributed by atoms with Crippen molar-refractivity contribution < 1.29 is 19.8 Å². The van der Waals surface area contributed by atoms with E-state index in [1.165, 1.54) is 0 Å². The van der Waals surface area contributed by atoms with Gasteiger partial charge in [-0.2, -0.15) is 0 Å². The number of amides is 2. The van der Waals surface area contributed by atoms with Crippen LogP contribution in [0.3, 0.4) is 0 Å². The van der Waals surface area contributed by atoms with Crippen LogP contribution in [0.15, 0.2) is 0 Å². The van der Waals surface area contributed by atoms with Gasteiger partial charge in [0.25, 0.3) is 0 Å². The van der Waals surface area contributed by atoms with Crippen molar-refractivity contribution in [3.63, 3.8) is 0 Å². The summed E-state index contributed by atoms with van der Waals surface area (Å²) in [6, 6.07) is -0.220. The largest absolute Gasteiger partial charge is 0.481 e. The van der Waals surface area contributed by atoms with Crippen LogP contribution in [0.2, 0.25) is 0 Å². The molecule has 3 N–H and O–H groups in total. The predicted molar refractivity (Wildman–Crippen MR) is 64.1 cm³/mol. The summed E-state index contributed by atoms with van der Waals surface area (Å²) in [7, 11) is 0. The number of carboxylic acids is 1. The van der Waals surface area contributed by atoms with Crippen molar-refractivity contribution in [2.45, 2.75) is 44.2 Å². The monoisotopic (exact) mass is 256 g/mol. The number of carboxylic acid groups (broad SMARTS) is 1. The molecule has 2 aliphatic rings. The van der Waals surface area contributed by atoms with Crippen LogP contribution in [0.1, 0.15) is 32.1 Å². The molecule has 102 valence electrons. The number of piperidine rings is 1. The molecule has 0 aromatic carbocycles. The predicted octanol–water partition coefficient (Wildman–Crippen LogP) is 0.406. The third-order valence-electron chi connectivity index (χ3n) is 3.79. The zero-order valence-corrected chi connectivity index (χ0v) is 10.3. The normalized spacial score (nSPS) is 32.3. The van der Waals surface area contributed by atoms with Crippen LogP contribution in [0, 0.1) is 5.92 Å². The molecule has 6 nitrogen and oxygen atoms in total. The van der Waals surface area contributed by atoms with Gasteiger partial charge in [0.2, 0.25) is 0 Å². The van der Waals surface area contributed by atoms with E-state index in [-0.39, 0.29) is 18.0 Å². The zero-order valence-electron chi connectivity index (χ0n) is 10.3. The number of nitrogens with zero attached hydrogens (tertiary/aromatic N) is 1. The van der Waals surface area contributed by atoms with Gasteiger partial charge in [-0.1, -0.05) is 0 Å². The Kier molecular flexibility index (Phi) is 4.06. The molecule has 0 radical (unpaired) electrons. The van der Waals surface area contributed by atoms with Gasteiger partial charge in [0, 0.05) is 19.1 Å². The third kappa shape index (κ3) is 3.13. The summed E-state index contributed by atoms with van der Waals surface area (Å²) in [5.41, 5.74) is 0. The number of hydrogen-bond acceptors (Lipinski definition) is 3. The molecule has 18 heavy (non-hydrogen) atoms. The fourth-order valence-electron chi connectivity index (χ4n) is 2.74. The summed E-state index contributed by atoms with van der Waals surface area (Å²) in [6.45, 7) is 1.04. The highest BCUT2D eigenvalue weighted by Crippen LogP contribution is 2.25. The van der Waals surface area contributed by atoms with E-state index in [0.29, 0.717) is 25.9 Å². The first-order chi connectivity index (χ1) is 8.56. The van der Waals surface area contributed by atoms with E-state index in [1.54, 1.807) is 4.90 Å². The van der Waals surface area contributed by atoms with Crippen molar-refractivity contribution in [1.82, 2.24) is 10.2 Å². The Morgan fingerprint density at radius 3 is 2.61 bits per heavy atom. The number of carbonyl (C=O) groups excluding carboxylic acids is 1. The van der Waals surface area contributed by atoms with Crippen molar-refractivity contribution in [3.05, 3.63) is 0 Å². The maximum absolute atomic E-state index is 11.9. The van der Waals surface area contributed by atoms with Crippen LogP contribution >= 0.6 is 0 Å². The third-order valence-corrected chi connectivity index (χ3v) is 3.79. The van der Waals surface area contributed by atoms with Crippen LogP contribution in [0.4, 0.5) is 4.79 Å². The quantitative estimate of drug-likeness (QED) is 0.667. The molecule has 0 spiro atoms. The van der Waals surface area contributed by atoms with Gasteiger partial charge in [0.1, 0.15) is 0 Å². The minimum absolute atomic E-state index is 0.0438. The van der Waals surface area contributed by atoms with Crippen molar-refractivity contribution in [2.75, 3.05) is 13.1 Å². The van der Waals surface area contributed by atoms with E-state index in [4.69, 9.17) is 5.11 Å². The van der Waals surface area contributed by atoms with Gasteiger partial charge in [0.05, 0.1) is 12.0 Å². The molecule has 1 heterocycles. The molecule has 1 saturated carbocycles. The van der Waals surface area contributed by atoms with E-state index in [9.17, 15) is 14.7 Å². The number of urea groups is 1. The van der Waals surface area contributed by atoms with Crippen molar-refractivity contribution in [2.24, 2.45) is 5.92 Å². The van der Waals surface area contributed by atoms with E-state index < -0.39 is 12.1 Å². The molecule has 6 heteroatoms. The highest BCUT2D eigenvalue weighted by atomic mass is 16.4. The molecule has 3 atom stereocenters. The van der Waals surface area contributed by atoms with Crippen LogP contribution in [-0.2, 0) is 4.79 Å². The number of likely N-dealkylation sites (tertiary alicyclic amines) is 1. The number of aliphatic hydroxyl groups excluding tert-OH is 1. The first-order valence-electron chi connectivity index (χ1n) is 6.52. The maximum atomic E-state index is 11.9. The van der Waals surface area contributed by atoms with Gasteiger partial charge >= 0.3 is 12.0 Å². The SMILES string of the molecule is O=C(O)[C@@H]1CC[C@H](NC(=O)N2CCCC(O)C2)C1. The summed E-state index contributed by atoms with van der Waals surface area (Å²) in [5, 5.41) is 21.3. The molecule has 1 saturated heterocycles. The Labute approximate surface area is 106 Å². The number of aliphatic carboxylic acids is 1. The summed E-state index contributed by atoms with van der Waals surface area (Å²) in [6.07, 6.45) is 2.99. The van der Waals surface area contributed by atoms with Crippen LogP contribution in [0.5, 0.6) is 0 Å².